The number of methoxy groups -OCH3 is 1. The molecule has 7 nitrogen and oxygen atoms in total. The first kappa shape index (κ1) is 19.4. The van der Waals surface area contributed by atoms with Crippen molar-refractivity contribution in [2.24, 2.45) is 39.9 Å². The first-order valence-corrected chi connectivity index (χ1v) is 10.5. The second kappa shape index (κ2) is 5.56. The molecule has 6 aliphatic rings. The molecule has 10 unspecified atom stereocenters. The van der Waals surface area contributed by atoms with Gasteiger partial charge in [-0.05, 0) is 37.0 Å². The van der Waals surface area contributed by atoms with E-state index in [9.17, 15) is 25.2 Å². The van der Waals surface area contributed by atoms with E-state index in [1.165, 1.54) is 7.11 Å². The van der Waals surface area contributed by atoms with Crippen LogP contribution in [0.5, 0.6) is 0 Å². The van der Waals surface area contributed by atoms with Crippen molar-refractivity contribution in [2.45, 2.75) is 63.6 Å². The monoisotopic (exact) mass is 396 g/mol. The zero-order valence-electron chi connectivity index (χ0n) is 16.8. The number of aliphatic hydroxyl groups is 4. The Morgan fingerprint density at radius 2 is 1.93 bits per heavy atom. The first-order valence-electron chi connectivity index (χ1n) is 10.5. The van der Waals surface area contributed by atoms with Crippen LogP contribution < -0.4 is 0 Å². The van der Waals surface area contributed by atoms with Crippen molar-refractivity contribution in [1.82, 2.24) is 0 Å². The number of Topliss-reactive ketones (excluding diaryl/α,β-unsaturated/α-hetero) is 1. The maximum Gasteiger partial charge on any atom is 0.205 e. The van der Waals surface area contributed by atoms with E-state index in [4.69, 9.17) is 9.47 Å². The predicted octanol–water partition coefficient (Wildman–Crippen LogP) is 0.0820. The minimum absolute atomic E-state index is 0.0478. The Kier molecular flexibility index (Phi) is 3.85. The molecule has 4 N–H and O–H groups in total. The molecule has 158 valence electrons. The Morgan fingerprint density at radius 3 is 2.61 bits per heavy atom. The average Bonchev–Trinajstić information content (AvgIpc) is 2.83. The second-order valence-corrected chi connectivity index (χ2v) is 10.7. The molecule has 2 spiro atoms. The largest absolute Gasteiger partial charge is 0.393 e. The summed E-state index contributed by atoms with van der Waals surface area (Å²) in [7, 11) is 1.54. The smallest absolute Gasteiger partial charge is 0.205 e. The van der Waals surface area contributed by atoms with E-state index in [0.29, 0.717) is 25.7 Å². The third-order valence-corrected chi connectivity index (χ3v) is 9.32. The number of rotatable bonds is 2. The molecule has 4 bridgehead atoms. The molecule has 0 aromatic carbocycles. The van der Waals surface area contributed by atoms with Gasteiger partial charge in [-0.25, -0.2) is 0 Å². The summed E-state index contributed by atoms with van der Waals surface area (Å²) in [6.45, 7) is 4.34. The van der Waals surface area contributed by atoms with E-state index >= 15 is 0 Å². The van der Waals surface area contributed by atoms with E-state index in [0.717, 1.165) is 0 Å². The molecule has 6 fully saturated rings. The normalized spacial score (nSPS) is 59.1. The predicted molar refractivity (Wildman–Crippen MR) is 96.9 cm³/mol. The summed E-state index contributed by atoms with van der Waals surface area (Å²) in [5.41, 5.74) is -2.71. The fourth-order valence-corrected chi connectivity index (χ4v) is 8.46. The van der Waals surface area contributed by atoms with E-state index in [1.807, 2.05) is 13.8 Å². The van der Waals surface area contributed by atoms with Gasteiger partial charge in [0.1, 0.15) is 6.10 Å². The van der Waals surface area contributed by atoms with Crippen LogP contribution in [-0.4, -0.2) is 70.6 Å². The van der Waals surface area contributed by atoms with Gasteiger partial charge in [0.05, 0.1) is 30.8 Å². The van der Waals surface area contributed by atoms with E-state index in [2.05, 4.69) is 0 Å². The van der Waals surface area contributed by atoms with Crippen molar-refractivity contribution < 1.29 is 34.7 Å². The van der Waals surface area contributed by atoms with Gasteiger partial charge >= 0.3 is 0 Å². The number of aliphatic hydroxyl groups excluding tert-OH is 3. The standard InChI is InChI=1S/C21H32O7/c1-18(2)5-4-13(23)19-9-28-21(26,17(25)15(18)19)20-7-10(6-12(22)14(19)20)11(8-27-3)16(20)24/h10-15,17,22-23,25-26H,4-9H2,1-3H3. The summed E-state index contributed by atoms with van der Waals surface area (Å²) in [5, 5.41) is 45.7. The maximum absolute atomic E-state index is 13.7. The minimum Gasteiger partial charge on any atom is -0.393 e. The van der Waals surface area contributed by atoms with Crippen LogP contribution in [0.3, 0.4) is 0 Å². The van der Waals surface area contributed by atoms with Crippen molar-refractivity contribution in [3.63, 3.8) is 0 Å². The molecule has 10 atom stereocenters. The molecule has 7 heteroatoms. The SMILES string of the molecule is COCC1C(=O)C23CC1CC(O)C2C12COC3(O)C(O)C1C(C)(C)CCC2O. The average molecular weight is 396 g/mol. The van der Waals surface area contributed by atoms with Gasteiger partial charge < -0.3 is 29.9 Å². The van der Waals surface area contributed by atoms with Crippen LogP contribution in [-0.2, 0) is 14.3 Å². The first-order chi connectivity index (χ1) is 13.1. The lowest BCUT2D eigenvalue weighted by atomic mass is 9.35. The highest BCUT2D eigenvalue weighted by Crippen LogP contribution is 2.76. The zero-order chi connectivity index (χ0) is 20.3. The quantitative estimate of drug-likeness (QED) is 0.522. The number of hydrogen-bond donors (Lipinski definition) is 4. The van der Waals surface area contributed by atoms with Crippen molar-refractivity contribution in [3.05, 3.63) is 0 Å². The van der Waals surface area contributed by atoms with Crippen molar-refractivity contribution in [1.29, 1.82) is 0 Å². The van der Waals surface area contributed by atoms with Gasteiger partial charge in [0, 0.05) is 30.3 Å². The Bertz CT molecular complexity index is 709. The van der Waals surface area contributed by atoms with Crippen LogP contribution in [0.4, 0.5) is 0 Å². The number of carbonyl (C=O) groups is 1. The van der Waals surface area contributed by atoms with E-state index in [-0.39, 0.29) is 30.3 Å². The highest BCUT2D eigenvalue weighted by atomic mass is 16.6. The molecule has 28 heavy (non-hydrogen) atoms. The van der Waals surface area contributed by atoms with Crippen LogP contribution in [0.1, 0.15) is 39.5 Å². The summed E-state index contributed by atoms with van der Waals surface area (Å²) in [6, 6.07) is 0. The summed E-state index contributed by atoms with van der Waals surface area (Å²) >= 11 is 0. The lowest BCUT2D eigenvalue weighted by Gasteiger charge is -2.74. The Labute approximate surface area is 165 Å². The molecule has 2 heterocycles. The van der Waals surface area contributed by atoms with Crippen molar-refractivity contribution in [2.75, 3.05) is 20.3 Å². The summed E-state index contributed by atoms with van der Waals surface area (Å²) in [4.78, 5) is 13.7. The van der Waals surface area contributed by atoms with Crippen LogP contribution in [0.2, 0.25) is 0 Å². The molecule has 0 amide bonds. The summed E-state index contributed by atoms with van der Waals surface area (Å²) in [6.07, 6.45) is -0.899. The Morgan fingerprint density at radius 1 is 1.21 bits per heavy atom. The third-order valence-electron chi connectivity index (χ3n) is 9.32. The molecule has 4 saturated carbocycles. The topological polar surface area (TPSA) is 116 Å². The third kappa shape index (κ3) is 1.82. The highest BCUT2D eigenvalue weighted by molar-refractivity contribution is 5.92. The second-order valence-electron chi connectivity index (χ2n) is 10.7. The van der Waals surface area contributed by atoms with Crippen molar-refractivity contribution >= 4 is 5.78 Å². The molecular weight excluding hydrogens is 364 g/mol. The lowest BCUT2D eigenvalue weighted by molar-refractivity contribution is -0.455. The number of hydrogen-bond acceptors (Lipinski definition) is 7. The van der Waals surface area contributed by atoms with Gasteiger partial charge in [-0.15, -0.1) is 0 Å². The van der Waals surface area contributed by atoms with Gasteiger partial charge in [-0.3, -0.25) is 4.79 Å². The molecular formula is C21H32O7. The number of ether oxygens (including phenoxy) is 2. The fraction of sp³-hybridized carbons (Fsp3) is 0.952. The molecule has 2 aliphatic heterocycles. The number of carbonyl (C=O) groups excluding carboxylic acids is 1. The molecule has 2 saturated heterocycles. The fourth-order valence-electron chi connectivity index (χ4n) is 8.46. The summed E-state index contributed by atoms with van der Waals surface area (Å²) in [5.74, 6) is -3.88. The minimum atomic E-state index is -2.04. The molecule has 6 rings (SSSR count). The molecule has 0 aromatic rings. The van der Waals surface area contributed by atoms with Crippen molar-refractivity contribution in [3.8, 4) is 0 Å². The Balaban J connectivity index is 1.75. The van der Waals surface area contributed by atoms with Crippen LogP contribution in [0.15, 0.2) is 0 Å². The Hall–Kier alpha value is -0.570. The van der Waals surface area contributed by atoms with Gasteiger partial charge in [0.25, 0.3) is 0 Å². The van der Waals surface area contributed by atoms with Gasteiger partial charge in [-0.2, -0.15) is 0 Å². The molecule has 4 aliphatic carbocycles. The van der Waals surface area contributed by atoms with Crippen LogP contribution >= 0.6 is 0 Å². The zero-order valence-corrected chi connectivity index (χ0v) is 16.8. The maximum atomic E-state index is 13.7. The number of fused-ring (bicyclic) bond motifs is 2. The number of ketones is 1. The van der Waals surface area contributed by atoms with E-state index in [1.54, 1.807) is 0 Å². The molecule has 0 radical (unpaired) electrons. The lowest BCUT2D eigenvalue weighted by Crippen LogP contribution is -2.85. The van der Waals surface area contributed by atoms with Gasteiger partial charge in [-0.1, -0.05) is 13.8 Å². The van der Waals surface area contributed by atoms with Gasteiger partial charge in [0.2, 0.25) is 5.79 Å². The van der Waals surface area contributed by atoms with Gasteiger partial charge in [0.15, 0.2) is 5.78 Å². The van der Waals surface area contributed by atoms with Crippen LogP contribution in [0, 0.1) is 39.9 Å². The highest BCUT2D eigenvalue weighted by Gasteiger charge is 2.86. The molecule has 0 aromatic heterocycles. The van der Waals surface area contributed by atoms with E-state index < -0.39 is 52.7 Å². The summed E-state index contributed by atoms with van der Waals surface area (Å²) < 4.78 is 11.2. The van der Waals surface area contributed by atoms with Crippen LogP contribution in [0.25, 0.3) is 0 Å².